The lowest BCUT2D eigenvalue weighted by Crippen LogP contribution is -2.55. The van der Waals surface area contributed by atoms with E-state index in [-0.39, 0.29) is 6.04 Å². The molecule has 128 valence electrons. The van der Waals surface area contributed by atoms with Gasteiger partial charge in [-0.25, -0.2) is 0 Å². The van der Waals surface area contributed by atoms with Crippen LogP contribution in [0, 0.1) is 11.8 Å². The van der Waals surface area contributed by atoms with Crippen LogP contribution in [0.5, 0.6) is 5.75 Å². The van der Waals surface area contributed by atoms with Crippen molar-refractivity contribution in [3.8, 4) is 5.75 Å². The van der Waals surface area contributed by atoms with Crippen LogP contribution in [-0.2, 0) is 0 Å². The Morgan fingerprint density at radius 1 is 1.38 bits per heavy atom. The van der Waals surface area contributed by atoms with Crippen LogP contribution in [0.3, 0.4) is 0 Å². The van der Waals surface area contributed by atoms with Crippen molar-refractivity contribution in [2.45, 2.75) is 38.3 Å². The van der Waals surface area contributed by atoms with Crippen LogP contribution in [0.2, 0.25) is 0 Å². The van der Waals surface area contributed by atoms with Crippen LogP contribution in [0.25, 0.3) is 10.9 Å². The van der Waals surface area contributed by atoms with Gasteiger partial charge in [-0.3, -0.25) is 9.88 Å². The molecule has 3 aliphatic rings. The summed E-state index contributed by atoms with van der Waals surface area (Å²) < 4.78 is 5.36. The Hall–Kier alpha value is -1.65. The first-order valence-corrected chi connectivity index (χ1v) is 9.06. The molecule has 2 bridgehead atoms. The molecule has 2 unspecified atom stereocenters. The normalized spacial score (nSPS) is 30.5. The van der Waals surface area contributed by atoms with Crippen LogP contribution in [0.1, 0.15) is 37.9 Å². The van der Waals surface area contributed by atoms with Crippen molar-refractivity contribution in [3.05, 3.63) is 36.0 Å². The molecule has 5 rings (SSSR count). The monoisotopic (exact) mass is 326 g/mol. The highest BCUT2D eigenvalue weighted by molar-refractivity contribution is 5.83. The second-order valence-electron chi connectivity index (χ2n) is 7.24. The van der Waals surface area contributed by atoms with Crippen molar-refractivity contribution in [3.63, 3.8) is 0 Å². The second-order valence-corrected chi connectivity index (χ2v) is 7.24. The number of piperidine rings is 3. The van der Waals surface area contributed by atoms with Gasteiger partial charge in [-0.15, -0.1) is 0 Å². The first-order valence-electron chi connectivity index (χ1n) is 9.06. The molecule has 1 N–H and O–H groups in total. The van der Waals surface area contributed by atoms with Gasteiger partial charge in [0, 0.05) is 24.2 Å². The number of hydrogen-bond donors (Lipinski definition) is 1. The zero-order chi connectivity index (χ0) is 16.7. The van der Waals surface area contributed by atoms with E-state index in [4.69, 9.17) is 4.74 Å². The molecule has 1 aromatic carbocycles. The summed E-state index contributed by atoms with van der Waals surface area (Å²) in [7, 11) is 1.67. The summed E-state index contributed by atoms with van der Waals surface area (Å²) >= 11 is 0. The number of rotatable bonds is 4. The number of nitrogens with zero attached hydrogens (tertiary/aromatic N) is 2. The zero-order valence-corrected chi connectivity index (χ0v) is 14.5. The number of fused-ring (bicyclic) bond motifs is 4. The second kappa shape index (κ2) is 6.34. The highest BCUT2D eigenvalue weighted by Gasteiger charge is 2.42. The van der Waals surface area contributed by atoms with E-state index in [9.17, 15) is 5.11 Å². The molecular weight excluding hydrogens is 300 g/mol. The maximum atomic E-state index is 11.2. The van der Waals surface area contributed by atoms with Gasteiger partial charge in [-0.05, 0) is 61.1 Å². The topological polar surface area (TPSA) is 45.6 Å². The molecule has 0 radical (unpaired) electrons. The minimum Gasteiger partial charge on any atom is -0.497 e. The predicted molar refractivity (Wildman–Crippen MR) is 95.1 cm³/mol. The van der Waals surface area contributed by atoms with Crippen molar-refractivity contribution in [1.29, 1.82) is 0 Å². The lowest BCUT2D eigenvalue weighted by molar-refractivity contribution is -0.0562. The SMILES string of the molecule is CCC1CN2CC[C@H]1C[C@@H]2[C@H](O)c1ccnc2ccc(OC)cc12. The van der Waals surface area contributed by atoms with Crippen molar-refractivity contribution in [2.75, 3.05) is 20.2 Å². The van der Waals surface area contributed by atoms with E-state index >= 15 is 0 Å². The molecular formula is C20H26N2O2. The van der Waals surface area contributed by atoms with Gasteiger partial charge in [0.05, 0.1) is 18.7 Å². The van der Waals surface area contributed by atoms with Gasteiger partial charge in [0.2, 0.25) is 0 Å². The number of aromatic nitrogens is 1. The van der Waals surface area contributed by atoms with E-state index in [0.717, 1.165) is 53.6 Å². The quantitative estimate of drug-likeness (QED) is 0.935. The highest BCUT2D eigenvalue weighted by Crippen LogP contribution is 2.42. The van der Waals surface area contributed by atoms with E-state index in [1.54, 1.807) is 13.3 Å². The number of aliphatic hydroxyl groups excluding tert-OH is 1. The number of methoxy groups -OCH3 is 1. The maximum absolute atomic E-state index is 11.2. The summed E-state index contributed by atoms with van der Waals surface area (Å²) in [5, 5.41) is 12.2. The summed E-state index contributed by atoms with van der Waals surface area (Å²) in [6.45, 7) is 4.55. The summed E-state index contributed by atoms with van der Waals surface area (Å²) in [5.74, 6) is 2.37. The fourth-order valence-corrected chi connectivity index (χ4v) is 4.71. The molecule has 1 aromatic heterocycles. The number of aliphatic hydroxyl groups is 1. The van der Waals surface area contributed by atoms with Crippen LogP contribution in [0.4, 0.5) is 0 Å². The zero-order valence-electron chi connectivity index (χ0n) is 14.5. The molecule has 2 aromatic rings. The molecule has 0 amide bonds. The van der Waals surface area contributed by atoms with E-state index < -0.39 is 6.10 Å². The third kappa shape index (κ3) is 2.58. The Bertz CT molecular complexity index is 733. The Balaban J connectivity index is 1.68. The van der Waals surface area contributed by atoms with Gasteiger partial charge >= 0.3 is 0 Å². The molecule has 4 heterocycles. The highest BCUT2D eigenvalue weighted by atomic mass is 16.5. The molecule has 3 aliphatic heterocycles. The largest absolute Gasteiger partial charge is 0.497 e. The molecule has 0 aliphatic carbocycles. The fourth-order valence-electron chi connectivity index (χ4n) is 4.71. The minimum atomic E-state index is -0.469. The lowest BCUT2D eigenvalue weighted by Gasteiger charge is -2.51. The molecule has 5 atom stereocenters. The molecule has 3 saturated heterocycles. The maximum Gasteiger partial charge on any atom is 0.119 e. The Labute approximate surface area is 143 Å². The summed E-state index contributed by atoms with van der Waals surface area (Å²) in [6, 6.07) is 8.07. The van der Waals surface area contributed by atoms with Crippen molar-refractivity contribution >= 4 is 10.9 Å². The molecule has 0 spiro atoms. The van der Waals surface area contributed by atoms with Crippen LogP contribution >= 0.6 is 0 Å². The van der Waals surface area contributed by atoms with E-state index in [1.165, 1.54) is 12.8 Å². The standard InChI is InChI=1S/C20H26N2O2/c1-3-13-12-22-9-7-14(13)10-19(22)20(23)16-6-8-21-18-5-4-15(24-2)11-17(16)18/h4-6,8,11,13-14,19-20,23H,3,7,9-10,12H2,1-2H3/t13?,14-,19+,20+/m0/s1. The van der Waals surface area contributed by atoms with Gasteiger partial charge in [-0.2, -0.15) is 0 Å². The summed E-state index contributed by atoms with van der Waals surface area (Å²) in [6.07, 6.45) is 4.97. The third-order valence-electron chi connectivity index (χ3n) is 6.13. The Morgan fingerprint density at radius 3 is 2.96 bits per heavy atom. The number of benzene rings is 1. The van der Waals surface area contributed by atoms with Gasteiger partial charge in [-0.1, -0.05) is 13.3 Å². The van der Waals surface area contributed by atoms with E-state index in [1.807, 2.05) is 24.3 Å². The lowest BCUT2D eigenvalue weighted by atomic mass is 9.72. The fraction of sp³-hybridized carbons (Fsp3) is 0.550. The predicted octanol–water partition coefficient (Wildman–Crippen LogP) is 3.40. The Kier molecular flexibility index (Phi) is 4.19. The number of pyridine rings is 1. The first kappa shape index (κ1) is 15.9. The first-order chi connectivity index (χ1) is 11.7. The average molecular weight is 326 g/mol. The Morgan fingerprint density at radius 2 is 2.25 bits per heavy atom. The average Bonchev–Trinajstić information content (AvgIpc) is 2.66. The van der Waals surface area contributed by atoms with Gasteiger partial charge in [0.25, 0.3) is 0 Å². The molecule has 24 heavy (non-hydrogen) atoms. The van der Waals surface area contributed by atoms with Gasteiger partial charge in [0.15, 0.2) is 0 Å². The molecule has 4 nitrogen and oxygen atoms in total. The third-order valence-corrected chi connectivity index (χ3v) is 6.13. The van der Waals surface area contributed by atoms with Gasteiger partial charge in [0.1, 0.15) is 5.75 Å². The van der Waals surface area contributed by atoms with Crippen molar-refractivity contribution in [2.24, 2.45) is 11.8 Å². The molecule has 0 saturated carbocycles. The van der Waals surface area contributed by atoms with Crippen LogP contribution < -0.4 is 4.74 Å². The van der Waals surface area contributed by atoms with Crippen LogP contribution in [-0.4, -0.2) is 41.2 Å². The molecule has 3 fully saturated rings. The van der Waals surface area contributed by atoms with Crippen LogP contribution in [0.15, 0.2) is 30.5 Å². The van der Waals surface area contributed by atoms with Crippen molar-refractivity contribution in [1.82, 2.24) is 9.88 Å². The van der Waals surface area contributed by atoms with Gasteiger partial charge < -0.3 is 9.84 Å². The minimum absolute atomic E-state index is 0.225. The van der Waals surface area contributed by atoms with E-state index in [0.29, 0.717) is 0 Å². The number of hydrogen-bond acceptors (Lipinski definition) is 4. The summed E-state index contributed by atoms with van der Waals surface area (Å²) in [5.41, 5.74) is 1.89. The van der Waals surface area contributed by atoms with Crippen molar-refractivity contribution < 1.29 is 9.84 Å². The smallest absolute Gasteiger partial charge is 0.119 e. The molecule has 4 heteroatoms. The summed E-state index contributed by atoms with van der Waals surface area (Å²) in [4.78, 5) is 6.94. The van der Waals surface area contributed by atoms with E-state index in [2.05, 4.69) is 16.8 Å². The number of ether oxygens (including phenoxy) is 1.